The van der Waals surface area contributed by atoms with Crippen molar-refractivity contribution in [2.24, 2.45) is 0 Å². The van der Waals surface area contributed by atoms with Crippen molar-refractivity contribution in [1.29, 1.82) is 0 Å². The number of rotatable bonds is 17. The van der Waals surface area contributed by atoms with Gasteiger partial charge in [0, 0.05) is 6.54 Å². The molecule has 1 aromatic rings. The summed E-state index contributed by atoms with van der Waals surface area (Å²) in [7, 11) is 0. The number of hydrogen-bond acceptors (Lipinski definition) is 2. The second-order valence-corrected chi connectivity index (χ2v) is 7.57. The van der Waals surface area contributed by atoms with Crippen molar-refractivity contribution in [3.05, 3.63) is 17.3 Å². The fourth-order valence-corrected chi connectivity index (χ4v) is 3.42. The van der Waals surface area contributed by atoms with Crippen LogP contribution < -0.4 is 5.32 Å². The molecule has 0 saturated heterocycles. The summed E-state index contributed by atoms with van der Waals surface area (Å²) < 4.78 is 0. The highest BCUT2D eigenvalue weighted by atomic mass is 16.4. The van der Waals surface area contributed by atoms with Crippen LogP contribution in [-0.4, -0.2) is 22.6 Å². The van der Waals surface area contributed by atoms with Crippen molar-refractivity contribution >= 4 is 11.8 Å². The van der Waals surface area contributed by atoms with Gasteiger partial charge in [0.1, 0.15) is 11.5 Å². The van der Waals surface area contributed by atoms with Gasteiger partial charge in [-0.05, 0) is 25.0 Å². The first kappa shape index (κ1) is 22.6. The molecule has 0 bridgehead atoms. The van der Waals surface area contributed by atoms with E-state index in [1.807, 2.05) is 13.0 Å². The van der Waals surface area contributed by atoms with Gasteiger partial charge in [-0.25, -0.2) is 4.79 Å². The van der Waals surface area contributed by atoms with Crippen LogP contribution in [0.3, 0.4) is 0 Å². The minimum Gasteiger partial charge on any atom is -0.477 e. The van der Waals surface area contributed by atoms with Crippen molar-refractivity contribution in [2.75, 3.05) is 11.9 Å². The number of unbranched alkanes of at least 4 members (excludes halogenated alkanes) is 13. The molecule has 26 heavy (non-hydrogen) atoms. The lowest BCUT2D eigenvalue weighted by Crippen LogP contribution is -2.03. The summed E-state index contributed by atoms with van der Waals surface area (Å²) in [6.07, 6.45) is 19.1. The second kappa shape index (κ2) is 14.7. The minimum absolute atomic E-state index is 0.286. The number of aromatic nitrogens is 1. The monoisotopic (exact) mass is 364 g/mol. The number of carboxylic acid groups (broad SMARTS) is 1. The van der Waals surface area contributed by atoms with Crippen molar-refractivity contribution in [3.63, 3.8) is 0 Å². The normalized spacial score (nSPS) is 11.0. The van der Waals surface area contributed by atoms with E-state index in [-0.39, 0.29) is 5.69 Å². The number of aromatic carboxylic acids is 1. The van der Waals surface area contributed by atoms with Gasteiger partial charge in [0.15, 0.2) is 0 Å². The molecule has 0 amide bonds. The van der Waals surface area contributed by atoms with E-state index in [1.54, 1.807) is 0 Å². The first-order valence-electron chi connectivity index (χ1n) is 10.8. The van der Waals surface area contributed by atoms with Crippen LogP contribution in [-0.2, 0) is 0 Å². The van der Waals surface area contributed by atoms with Gasteiger partial charge in [-0.1, -0.05) is 90.4 Å². The van der Waals surface area contributed by atoms with Gasteiger partial charge in [0.05, 0.1) is 0 Å². The second-order valence-electron chi connectivity index (χ2n) is 7.57. The molecule has 0 aliphatic rings. The van der Waals surface area contributed by atoms with E-state index in [0.29, 0.717) is 0 Å². The number of carbonyl (C=O) groups is 1. The van der Waals surface area contributed by atoms with Crippen LogP contribution in [0.4, 0.5) is 5.82 Å². The number of aryl methyl sites for hydroxylation is 1. The topological polar surface area (TPSA) is 65.1 Å². The average molecular weight is 365 g/mol. The van der Waals surface area contributed by atoms with Crippen molar-refractivity contribution in [3.8, 4) is 0 Å². The molecule has 0 aromatic carbocycles. The molecule has 3 N–H and O–H groups in total. The molecule has 4 nitrogen and oxygen atoms in total. The summed E-state index contributed by atoms with van der Waals surface area (Å²) in [5.74, 6) is -0.0818. The molecule has 0 atom stereocenters. The number of carboxylic acids is 1. The Morgan fingerprint density at radius 2 is 1.35 bits per heavy atom. The first-order chi connectivity index (χ1) is 12.6. The zero-order valence-electron chi connectivity index (χ0n) is 17.0. The van der Waals surface area contributed by atoms with Gasteiger partial charge in [0.2, 0.25) is 0 Å². The Morgan fingerprint density at radius 3 is 1.77 bits per heavy atom. The van der Waals surface area contributed by atoms with Crippen LogP contribution in [0.5, 0.6) is 0 Å². The molecular weight excluding hydrogens is 324 g/mol. The zero-order chi connectivity index (χ0) is 19.0. The van der Waals surface area contributed by atoms with Gasteiger partial charge >= 0.3 is 5.97 Å². The van der Waals surface area contributed by atoms with Crippen molar-refractivity contribution in [2.45, 2.75) is 104 Å². The lowest BCUT2D eigenvalue weighted by atomic mass is 10.0. The molecular formula is C22H40N2O2. The fraction of sp³-hybridized carbons (Fsp3) is 0.773. The summed E-state index contributed by atoms with van der Waals surface area (Å²) in [5.41, 5.74) is 1.06. The van der Waals surface area contributed by atoms with E-state index in [4.69, 9.17) is 5.11 Å². The van der Waals surface area contributed by atoms with Crippen LogP contribution in [0.2, 0.25) is 0 Å². The molecule has 0 fully saturated rings. The Balaban J connectivity index is 1.85. The molecule has 0 unspecified atom stereocenters. The average Bonchev–Trinajstić information content (AvgIpc) is 2.99. The summed E-state index contributed by atoms with van der Waals surface area (Å²) in [4.78, 5) is 13.9. The van der Waals surface area contributed by atoms with Gasteiger partial charge in [-0.3, -0.25) is 0 Å². The Labute approximate surface area is 160 Å². The number of anilines is 1. The highest BCUT2D eigenvalue weighted by Crippen LogP contribution is 2.15. The van der Waals surface area contributed by atoms with Crippen LogP contribution in [0, 0.1) is 6.92 Å². The number of aromatic amines is 1. The predicted molar refractivity (Wildman–Crippen MR) is 111 cm³/mol. The quantitative estimate of drug-likeness (QED) is 0.263. The van der Waals surface area contributed by atoms with Crippen molar-refractivity contribution in [1.82, 2.24) is 4.98 Å². The third-order valence-electron chi connectivity index (χ3n) is 5.07. The molecule has 4 heteroatoms. The van der Waals surface area contributed by atoms with Crippen LogP contribution in [0.25, 0.3) is 0 Å². The van der Waals surface area contributed by atoms with E-state index >= 15 is 0 Å². The van der Waals surface area contributed by atoms with E-state index < -0.39 is 5.97 Å². The van der Waals surface area contributed by atoms with Gasteiger partial charge in [-0.15, -0.1) is 0 Å². The minimum atomic E-state index is -0.896. The molecule has 0 radical (unpaired) electrons. The number of H-pyrrole nitrogens is 1. The van der Waals surface area contributed by atoms with Gasteiger partial charge < -0.3 is 15.4 Å². The number of nitrogens with one attached hydrogen (secondary N) is 2. The largest absolute Gasteiger partial charge is 0.477 e. The Bertz CT molecular complexity index is 482. The SMILES string of the molecule is CCCCCCCCCCCCCCCCNc1cc(C)c(C(=O)O)[nH]1. The Morgan fingerprint density at radius 1 is 0.885 bits per heavy atom. The third kappa shape index (κ3) is 10.5. The lowest BCUT2D eigenvalue weighted by molar-refractivity contribution is 0.0690. The third-order valence-corrected chi connectivity index (χ3v) is 5.07. The molecule has 150 valence electrons. The highest BCUT2D eigenvalue weighted by molar-refractivity contribution is 5.88. The summed E-state index contributed by atoms with van der Waals surface area (Å²) in [5, 5.41) is 12.3. The Hall–Kier alpha value is -1.45. The standard InChI is InChI=1S/C22H40N2O2/c1-3-4-5-6-7-8-9-10-11-12-13-14-15-16-17-23-20-18-19(2)21(24-20)22(25)26/h18,23-24H,3-17H2,1-2H3,(H,25,26). The molecule has 0 aliphatic heterocycles. The highest BCUT2D eigenvalue weighted by Gasteiger charge is 2.10. The lowest BCUT2D eigenvalue weighted by Gasteiger charge is -2.05. The summed E-state index contributed by atoms with van der Waals surface area (Å²) in [6, 6.07) is 1.87. The summed E-state index contributed by atoms with van der Waals surface area (Å²) >= 11 is 0. The van der Waals surface area contributed by atoms with Gasteiger partial charge in [-0.2, -0.15) is 0 Å². The first-order valence-corrected chi connectivity index (χ1v) is 10.8. The Kier molecular flexibility index (Phi) is 12.8. The van der Waals surface area contributed by atoms with E-state index in [9.17, 15) is 4.79 Å². The zero-order valence-corrected chi connectivity index (χ0v) is 17.0. The summed E-state index contributed by atoms with van der Waals surface area (Å²) in [6.45, 7) is 4.99. The van der Waals surface area contributed by atoms with E-state index in [1.165, 1.54) is 83.5 Å². The molecule has 0 saturated carbocycles. The maximum Gasteiger partial charge on any atom is 0.352 e. The van der Waals surface area contributed by atoms with Crippen molar-refractivity contribution < 1.29 is 9.90 Å². The molecule has 1 aromatic heterocycles. The molecule has 0 spiro atoms. The smallest absolute Gasteiger partial charge is 0.352 e. The van der Waals surface area contributed by atoms with Gasteiger partial charge in [0.25, 0.3) is 0 Å². The van der Waals surface area contributed by atoms with E-state index in [2.05, 4.69) is 17.2 Å². The number of hydrogen-bond donors (Lipinski definition) is 3. The molecule has 1 heterocycles. The maximum atomic E-state index is 11.0. The maximum absolute atomic E-state index is 11.0. The van der Waals surface area contributed by atoms with Crippen LogP contribution in [0.15, 0.2) is 6.07 Å². The van der Waals surface area contributed by atoms with E-state index in [0.717, 1.165) is 24.3 Å². The predicted octanol–water partition coefficient (Wildman–Crippen LogP) is 6.91. The van der Waals surface area contributed by atoms with Crippen LogP contribution >= 0.6 is 0 Å². The molecule has 1 rings (SSSR count). The fourth-order valence-electron chi connectivity index (χ4n) is 3.42. The molecule has 0 aliphatic carbocycles. The van der Waals surface area contributed by atoms with Crippen LogP contribution in [0.1, 0.15) is 113 Å².